The Morgan fingerprint density at radius 3 is 2.47 bits per heavy atom. The number of fused-ring (bicyclic) bond motifs is 1. The summed E-state index contributed by atoms with van der Waals surface area (Å²) in [4.78, 5) is 24.0. The van der Waals surface area contributed by atoms with Gasteiger partial charge in [0.1, 0.15) is 28.0 Å². The van der Waals surface area contributed by atoms with Crippen molar-refractivity contribution in [2.24, 2.45) is 0 Å². The van der Waals surface area contributed by atoms with Gasteiger partial charge in [-0.3, -0.25) is 9.36 Å². The van der Waals surface area contributed by atoms with Gasteiger partial charge in [-0.1, -0.05) is 48.2 Å². The van der Waals surface area contributed by atoms with Crippen LogP contribution >= 0.6 is 27.7 Å². The van der Waals surface area contributed by atoms with Crippen molar-refractivity contribution in [3.63, 3.8) is 0 Å². The second kappa shape index (κ2) is 9.32. The number of hydrogen-bond donors (Lipinski definition) is 2. The van der Waals surface area contributed by atoms with Gasteiger partial charge in [-0.25, -0.2) is 14.5 Å². The van der Waals surface area contributed by atoms with Crippen LogP contribution in [0.2, 0.25) is 0 Å². The van der Waals surface area contributed by atoms with Gasteiger partial charge in [0.25, 0.3) is 5.56 Å². The highest BCUT2D eigenvalue weighted by atomic mass is 79.9. The molecule has 3 N–H and O–H groups in total. The lowest BCUT2D eigenvalue weighted by Crippen LogP contribution is -2.29. The summed E-state index contributed by atoms with van der Waals surface area (Å²) in [5.41, 5.74) is 6.99. The maximum Gasteiger partial charge on any atom is 0.283 e. The van der Waals surface area contributed by atoms with E-state index in [9.17, 15) is 4.79 Å². The first kappa shape index (κ1) is 22.2. The average molecular weight is 534 g/mol. The Balaban J connectivity index is 1.65. The molecule has 0 saturated heterocycles. The predicted molar refractivity (Wildman–Crippen MR) is 138 cm³/mol. The maximum atomic E-state index is 13.9. The number of nitrogens with one attached hydrogen (secondary N) is 1. The molecular weight excluding hydrogens is 514 g/mol. The molecule has 0 fully saturated rings. The fourth-order valence-corrected chi connectivity index (χ4v) is 4.89. The van der Waals surface area contributed by atoms with E-state index in [1.807, 2.05) is 79.9 Å². The molecule has 0 amide bonds. The SMILES string of the molecule is CC(Nc1ncnc(N)c1Br)c1nn2ccc(Sc3ccccc3)c2c(=O)n1-c1ccccc1. The Morgan fingerprint density at radius 2 is 1.74 bits per heavy atom. The highest BCUT2D eigenvalue weighted by Gasteiger charge is 2.22. The third kappa shape index (κ3) is 4.17. The quantitative estimate of drug-likeness (QED) is 0.318. The second-order valence-corrected chi connectivity index (χ2v) is 9.42. The Kier molecular flexibility index (Phi) is 6.08. The van der Waals surface area contributed by atoms with Crippen molar-refractivity contribution >= 4 is 44.8 Å². The van der Waals surface area contributed by atoms with Crippen LogP contribution in [0.15, 0.2) is 98.3 Å². The molecule has 0 radical (unpaired) electrons. The van der Waals surface area contributed by atoms with E-state index in [4.69, 9.17) is 10.8 Å². The van der Waals surface area contributed by atoms with E-state index in [1.165, 1.54) is 18.1 Å². The van der Waals surface area contributed by atoms with Gasteiger partial charge in [0.05, 0.1) is 11.7 Å². The van der Waals surface area contributed by atoms with Crippen LogP contribution in [0.3, 0.4) is 0 Å². The maximum absolute atomic E-state index is 13.9. The van der Waals surface area contributed by atoms with Crippen LogP contribution in [0, 0.1) is 0 Å². The fourth-order valence-electron chi connectivity index (χ4n) is 3.61. The predicted octanol–water partition coefficient (Wildman–Crippen LogP) is 4.94. The van der Waals surface area contributed by atoms with Crippen molar-refractivity contribution in [2.45, 2.75) is 22.8 Å². The summed E-state index contributed by atoms with van der Waals surface area (Å²) in [6, 6.07) is 21.0. The number of nitrogen functional groups attached to an aromatic ring is 1. The van der Waals surface area contributed by atoms with Gasteiger partial charge in [-0.15, -0.1) is 0 Å². The molecule has 1 unspecified atom stereocenters. The molecule has 10 heteroatoms. The zero-order valence-electron chi connectivity index (χ0n) is 18.1. The Hall–Kier alpha value is -3.63. The van der Waals surface area contributed by atoms with Crippen LogP contribution in [0.4, 0.5) is 11.6 Å². The third-order valence-electron chi connectivity index (χ3n) is 5.22. The molecule has 34 heavy (non-hydrogen) atoms. The van der Waals surface area contributed by atoms with Gasteiger partial charge in [0.15, 0.2) is 5.82 Å². The molecule has 5 aromatic rings. The number of halogens is 1. The molecule has 0 saturated carbocycles. The summed E-state index contributed by atoms with van der Waals surface area (Å²) >= 11 is 4.96. The third-order valence-corrected chi connectivity index (χ3v) is 7.06. The first-order chi connectivity index (χ1) is 16.5. The van der Waals surface area contributed by atoms with Crippen molar-refractivity contribution in [3.05, 3.63) is 99.9 Å². The van der Waals surface area contributed by atoms with Crippen LogP contribution in [-0.2, 0) is 0 Å². The molecule has 1 atom stereocenters. The molecule has 0 spiro atoms. The zero-order valence-corrected chi connectivity index (χ0v) is 20.5. The minimum Gasteiger partial charge on any atom is -0.383 e. The van der Waals surface area contributed by atoms with Gasteiger partial charge in [-0.2, -0.15) is 5.10 Å². The highest BCUT2D eigenvalue weighted by molar-refractivity contribution is 9.10. The number of nitrogens with two attached hydrogens (primary N) is 1. The van der Waals surface area contributed by atoms with Crippen molar-refractivity contribution in [1.29, 1.82) is 0 Å². The van der Waals surface area contributed by atoms with Gasteiger partial charge < -0.3 is 11.1 Å². The summed E-state index contributed by atoms with van der Waals surface area (Å²) in [7, 11) is 0. The minimum atomic E-state index is -0.379. The van der Waals surface area contributed by atoms with E-state index in [1.54, 1.807) is 9.08 Å². The lowest BCUT2D eigenvalue weighted by atomic mass is 10.2. The van der Waals surface area contributed by atoms with Crippen LogP contribution in [0.25, 0.3) is 11.2 Å². The van der Waals surface area contributed by atoms with Gasteiger partial charge in [-0.05, 0) is 53.2 Å². The number of para-hydroxylation sites is 1. The first-order valence-electron chi connectivity index (χ1n) is 10.5. The highest BCUT2D eigenvalue weighted by Crippen LogP contribution is 2.31. The molecule has 170 valence electrons. The van der Waals surface area contributed by atoms with Crippen LogP contribution < -0.4 is 16.6 Å². The van der Waals surface area contributed by atoms with Crippen LogP contribution in [-0.4, -0.2) is 24.1 Å². The average Bonchev–Trinajstić information content (AvgIpc) is 3.26. The van der Waals surface area contributed by atoms with E-state index in [0.29, 0.717) is 27.4 Å². The van der Waals surface area contributed by atoms with E-state index < -0.39 is 0 Å². The standard InChI is InChI=1S/C24H20BrN7OS/c1-15(29-22-19(25)21(26)27-14-28-22)23-30-31-13-12-18(34-17-10-6-3-7-11-17)20(31)24(33)32(23)16-8-4-2-5-9-16/h2-15H,1H3,(H3,26,27,28,29). The Morgan fingerprint density at radius 1 is 1.03 bits per heavy atom. The number of anilines is 2. The summed E-state index contributed by atoms with van der Waals surface area (Å²) in [5.74, 6) is 1.36. The minimum absolute atomic E-state index is 0.158. The fraction of sp³-hybridized carbons (Fsp3) is 0.0833. The summed E-state index contributed by atoms with van der Waals surface area (Å²) in [6.07, 6.45) is 3.20. The molecule has 0 aliphatic heterocycles. The Labute approximate surface area is 208 Å². The molecule has 0 aliphatic carbocycles. The summed E-state index contributed by atoms with van der Waals surface area (Å²) < 4.78 is 3.84. The van der Waals surface area contributed by atoms with Crippen molar-refractivity contribution in [2.75, 3.05) is 11.1 Å². The number of benzene rings is 2. The van der Waals surface area contributed by atoms with Gasteiger partial charge in [0.2, 0.25) is 0 Å². The number of aromatic nitrogens is 5. The first-order valence-corrected chi connectivity index (χ1v) is 12.1. The molecule has 5 rings (SSSR count). The van der Waals surface area contributed by atoms with Crippen LogP contribution in [0.1, 0.15) is 18.8 Å². The Bertz CT molecular complexity index is 1520. The van der Waals surface area contributed by atoms with Crippen molar-refractivity contribution in [3.8, 4) is 5.69 Å². The molecule has 2 aromatic carbocycles. The molecule has 0 bridgehead atoms. The lowest BCUT2D eigenvalue weighted by Gasteiger charge is -2.20. The molecule has 3 heterocycles. The summed E-state index contributed by atoms with van der Waals surface area (Å²) in [6.45, 7) is 1.92. The van der Waals surface area contributed by atoms with E-state index >= 15 is 0 Å². The topological polar surface area (TPSA) is 103 Å². The van der Waals surface area contributed by atoms with Gasteiger partial charge in [0, 0.05) is 16.0 Å². The van der Waals surface area contributed by atoms with Crippen LogP contribution in [0.5, 0.6) is 0 Å². The molecular formula is C24H20BrN7OS. The largest absolute Gasteiger partial charge is 0.383 e. The van der Waals surface area contributed by atoms with E-state index in [2.05, 4.69) is 31.2 Å². The van der Waals surface area contributed by atoms with Crippen molar-refractivity contribution in [1.82, 2.24) is 24.1 Å². The monoisotopic (exact) mass is 533 g/mol. The number of nitrogens with zero attached hydrogens (tertiary/aromatic N) is 5. The molecule has 8 nitrogen and oxygen atoms in total. The smallest absolute Gasteiger partial charge is 0.283 e. The molecule has 0 aliphatic rings. The second-order valence-electron chi connectivity index (χ2n) is 7.51. The number of rotatable bonds is 6. The zero-order chi connectivity index (χ0) is 23.7. The molecule has 3 aromatic heterocycles. The van der Waals surface area contributed by atoms with Crippen molar-refractivity contribution < 1.29 is 0 Å². The van der Waals surface area contributed by atoms with E-state index in [0.717, 1.165) is 15.5 Å². The summed E-state index contributed by atoms with van der Waals surface area (Å²) in [5, 5.41) is 8.13. The van der Waals surface area contributed by atoms with Gasteiger partial charge >= 0.3 is 0 Å². The van der Waals surface area contributed by atoms with E-state index in [-0.39, 0.29) is 11.6 Å². The number of hydrogen-bond acceptors (Lipinski definition) is 7. The lowest BCUT2D eigenvalue weighted by molar-refractivity contribution is 0.671. The normalized spacial score (nSPS) is 12.1.